The number of aromatic nitrogens is 2. The van der Waals surface area contributed by atoms with Gasteiger partial charge in [-0.1, -0.05) is 0 Å². The molecular formula is C23H25N3O4S. The summed E-state index contributed by atoms with van der Waals surface area (Å²) in [6, 6.07) is 9.83. The third-order valence-electron chi connectivity index (χ3n) is 5.86. The highest BCUT2D eigenvalue weighted by Crippen LogP contribution is 2.36. The predicted molar refractivity (Wildman–Crippen MR) is 119 cm³/mol. The lowest BCUT2D eigenvalue weighted by Crippen LogP contribution is -2.42. The molecule has 2 aliphatic heterocycles. The molecule has 3 aromatic rings. The van der Waals surface area contributed by atoms with Crippen LogP contribution >= 0.6 is 11.3 Å². The van der Waals surface area contributed by atoms with E-state index in [0.717, 1.165) is 42.0 Å². The molecule has 0 unspecified atom stereocenters. The van der Waals surface area contributed by atoms with Crippen molar-refractivity contribution in [2.75, 3.05) is 31.7 Å². The van der Waals surface area contributed by atoms with Crippen molar-refractivity contribution in [1.29, 1.82) is 0 Å². The Balaban J connectivity index is 1.29. The average Bonchev–Trinajstić information content (AvgIpc) is 3.43. The Morgan fingerprint density at radius 1 is 1.10 bits per heavy atom. The van der Waals surface area contributed by atoms with Gasteiger partial charge in [-0.05, 0) is 43.2 Å². The van der Waals surface area contributed by atoms with Crippen molar-refractivity contribution in [2.45, 2.75) is 31.2 Å². The number of fused-ring (bicyclic) bond motifs is 1. The molecule has 2 aromatic heterocycles. The second-order valence-electron chi connectivity index (χ2n) is 7.90. The van der Waals surface area contributed by atoms with Gasteiger partial charge in [0.1, 0.15) is 0 Å². The first kappa shape index (κ1) is 20.1. The van der Waals surface area contributed by atoms with Crippen molar-refractivity contribution in [3.8, 4) is 22.8 Å². The van der Waals surface area contributed by atoms with Crippen LogP contribution in [0.25, 0.3) is 11.3 Å². The maximum atomic E-state index is 12.9. The second kappa shape index (κ2) is 8.72. The average molecular weight is 440 g/mol. The Labute approximate surface area is 185 Å². The minimum atomic E-state index is -0.250. The smallest absolute Gasteiger partial charge is 0.228 e. The number of benzene rings is 1. The van der Waals surface area contributed by atoms with Crippen LogP contribution in [0.4, 0.5) is 5.13 Å². The molecule has 0 radical (unpaired) electrons. The molecule has 0 bridgehead atoms. The number of anilines is 1. The summed E-state index contributed by atoms with van der Waals surface area (Å²) in [6.07, 6.45) is 6.96. The largest absolute Gasteiger partial charge is 0.490 e. The van der Waals surface area contributed by atoms with Gasteiger partial charge in [0.05, 0.1) is 30.9 Å². The van der Waals surface area contributed by atoms with Crippen LogP contribution in [-0.2, 0) is 15.1 Å². The normalized spacial score (nSPS) is 17.7. The lowest BCUT2D eigenvalue weighted by atomic mass is 9.86. The van der Waals surface area contributed by atoms with Crippen LogP contribution in [-0.4, -0.2) is 41.9 Å². The van der Waals surface area contributed by atoms with Gasteiger partial charge in [0, 0.05) is 43.0 Å². The fourth-order valence-electron chi connectivity index (χ4n) is 4.18. The molecular weight excluding hydrogens is 414 g/mol. The van der Waals surface area contributed by atoms with Gasteiger partial charge in [-0.2, -0.15) is 0 Å². The van der Waals surface area contributed by atoms with Gasteiger partial charge in [-0.15, -0.1) is 11.3 Å². The van der Waals surface area contributed by atoms with Crippen LogP contribution in [0.1, 0.15) is 25.7 Å². The summed E-state index contributed by atoms with van der Waals surface area (Å²) in [6.45, 7) is 2.63. The molecule has 8 heteroatoms. The molecule has 162 valence electrons. The Morgan fingerprint density at radius 2 is 1.87 bits per heavy atom. The monoisotopic (exact) mass is 439 g/mol. The Hall–Kier alpha value is -2.84. The number of rotatable bonds is 5. The summed E-state index contributed by atoms with van der Waals surface area (Å²) in [4.78, 5) is 17.6. The first-order valence-electron chi connectivity index (χ1n) is 10.6. The van der Waals surface area contributed by atoms with E-state index in [1.54, 1.807) is 0 Å². The summed E-state index contributed by atoms with van der Waals surface area (Å²) in [5.74, 6) is 1.47. The Bertz CT molecular complexity index is 1040. The zero-order valence-electron chi connectivity index (χ0n) is 17.2. The molecule has 4 heterocycles. The third kappa shape index (κ3) is 4.31. The number of ether oxygens (including phenoxy) is 3. The van der Waals surface area contributed by atoms with Crippen LogP contribution in [0.15, 0.2) is 48.1 Å². The molecule has 1 amide bonds. The number of thiazole rings is 1. The van der Waals surface area contributed by atoms with Crippen LogP contribution < -0.4 is 14.8 Å². The van der Waals surface area contributed by atoms with Crippen LogP contribution in [0.3, 0.4) is 0 Å². The molecule has 1 fully saturated rings. The molecule has 0 saturated carbocycles. The molecule has 7 nitrogen and oxygen atoms in total. The molecule has 1 N–H and O–H groups in total. The summed E-state index contributed by atoms with van der Waals surface area (Å²) < 4.78 is 19.2. The van der Waals surface area contributed by atoms with Gasteiger partial charge in [-0.25, -0.2) is 4.98 Å². The maximum absolute atomic E-state index is 12.9. The second-order valence-corrected chi connectivity index (χ2v) is 8.76. The fourth-order valence-corrected chi connectivity index (χ4v) is 4.91. The third-order valence-corrected chi connectivity index (χ3v) is 6.62. The van der Waals surface area contributed by atoms with E-state index < -0.39 is 0 Å². The predicted octanol–water partition coefficient (Wildman–Crippen LogP) is 4.31. The molecule has 31 heavy (non-hydrogen) atoms. The molecule has 0 spiro atoms. The number of carbonyl (C=O) groups is 1. The lowest BCUT2D eigenvalue weighted by Gasteiger charge is -2.38. The van der Waals surface area contributed by atoms with E-state index in [4.69, 9.17) is 14.2 Å². The van der Waals surface area contributed by atoms with Crippen molar-refractivity contribution in [1.82, 2.24) is 9.55 Å². The van der Waals surface area contributed by atoms with Gasteiger partial charge < -0.3 is 24.1 Å². The van der Waals surface area contributed by atoms with Gasteiger partial charge in [0.2, 0.25) is 5.91 Å². The van der Waals surface area contributed by atoms with Crippen LogP contribution in [0, 0.1) is 0 Å². The molecule has 0 aliphatic carbocycles. The number of nitrogens with one attached hydrogen (secondary N) is 1. The van der Waals surface area contributed by atoms with Crippen molar-refractivity contribution in [3.63, 3.8) is 0 Å². The van der Waals surface area contributed by atoms with E-state index in [2.05, 4.69) is 14.9 Å². The van der Waals surface area contributed by atoms with Gasteiger partial charge >= 0.3 is 0 Å². The van der Waals surface area contributed by atoms with Crippen LogP contribution in [0.2, 0.25) is 0 Å². The minimum absolute atomic E-state index is 0.0323. The topological polar surface area (TPSA) is 74.6 Å². The van der Waals surface area contributed by atoms with E-state index in [1.165, 1.54) is 11.3 Å². The molecule has 1 aromatic carbocycles. The van der Waals surface area contributed by atoms with Gasteiger partial charge in [0.25, 0.3) is 0 Å². The molecule has 2 aliphatic rings. The number of hydrogen-bond donors (Lipinski definition) is 1. The molecule has 1 saturated heterocycles. The van der Waals surface area contributed by atoms with Gasteiger partial charge in [0.15, 0.2) is 16.6 Å². The van der Waals surface area contributed by atoms with Crippen molar-refractivity contribution in [3.05, 3.63) is 48.1 Å². The molecule has 0 atom stereocenters. The summed E-state index contributed by atoms with van der Waals surface area (Å²) in [7, 11) is 0. The highest BCUT2D eigenvalue weighted by molar-refractivity contribution is 7.14. The zero-order chi connectivity index (χ0) is 21.1. The van der Waals surface area contributed by atoms with E-state index in [9.17, 15) is 4.79 Å². The maximum Gasteiger partial charge on any atom is 0.228 e. The Kier molecular flexibility index (Phi) is 5.65. The standard InChI is InChI=1S/C23H25N3O4S/c27-21(15-23(6-12-28-13-7-23)26-8-1-2-9-26)25-22-24-18(16-31-22)17-4-5-19-20(14-17)30-11-3-10-29-19/h1-2,4-5,8-9,14,16H,3,6-7,10-13,15H2,(H,24,25,27). The number of hydrogen-bond acceptors (Lipinski definition) is 6. The number of carbonyl (C=O) groups excluding carboxylic acids is 1. The minimum Gasteiger partial charge on any atom is -0.490 e. The Morgan fingerprint density at radius 3 is 2.68 bits per heavy atom. The van der Waals surface area contributed by atoms with Gasteiger partial charge in [-0.3, -0.25) is 4.79 Å². The fraction of sp³-hybridized carbons (Fsp3) is 0.391. The first-order chi connectivity index (χ1) is 15.2. The molecule has 5 rings (SSSR count). The first-order valence-corrected chi connectivity index (χ1v) is 11.5. The van der Waals surface area contributed by atoms with E-state index in [0.29, 0.717) is 38.0 Å². The SMILES string of the molecule is O=C(CC1(n2cccc2)CCOCC1)Nc1nc(-c2ccc3c(c2)OCCCO3)cs1. The van der Waals surface area contributed by atoms with Crippen molar-refractivity contribution >= 4 is 22.4 Å². The van der Waals surface area contributed by atoms with Crippen molar-refractivity contribution in [2.24, 2.45) is 0 Å². The van der Waals surface area contributed by atoms with Crippen molar-refractivity contribution < 1.29 is 19.0 Å². The quantitative estimate of drug-likeness (QED) is 0.641. The van der Waals surface area contributed by atoms with E-state index >= 15 is 0 Å². The van der Waals surface area contributed by atoms with E-state index in [-0.39, 0.29) is 11.4 Å². The highest BCUT2D eigenvalue weighted by atomic mass is 32.1. The van der Waals surface area contributed by atoms with Crippen LogP contribution in [0.5, 0.6) is 11.5 Å². The number of amides is 1. The zero-order valence-corrected chi connectivity index (χ0v) is 18.0. The lowest BCUT2D eigenvalue weighted by molar-refractivity contribution is -0.119. The number of nitrogens with zero attached hydrogens (tertiary/aromatic N) is 2. The summed E-state index contributed by atoms with van der Waals surface area (Å²) >= 11 is 1.43. The van der Waals surface area contributed by atoms with E-state index in [1.807, 2.05) is 48.1 Å². The highest BCUT2D eigenvalue weighted by Gasteiger charge is 2.36. The summed E-state index contributed by atoms with van der Waals surface area (Å²) in [5.41, 5.74) is 1.50. The summed E-state index contributed by atoms with van der Waals surface area (Å²) in [5, 5.41) is 5.55.